The van der Waals surface area contributed by atoms with Gasteiger partial charge >= 0.3 is 0 Å². The van der Waals surface area contributed by atoms with E-state index >= 15 is 0 Å². The minimum absolute atomic E-state index is 0.0603. The lowest BCUT2D eigenvalue weighted by Crippen LogP contribution is -2.10. The highest BCUT2D eigenvalue weighted by atomic mass is 15.1. The average molecular weight is 412 g/mol. The van der Waals surface area contributed by atoms with Gasteiger partial charge in [0.25, 0.3) is 0 Å². The molecule has 0 saturated carbocycles. The number of aromatic nitrogens is 2. The molecule has 5 aromatic carbocycles. The molecule has 4 nitrogen and oxygen atoms in total. The van der Waals surface area contributed by atoms with Crippen molar-refractivity contribution in [1.29, 1.82) is 5.41 Å². The molecule has 1 heterocycles. The molecular weight excluding hydrogens is 392 g/mol. The smallest absolute Gasteiger partial charge is 0.145 e. The van der Waals surface area contributed by atoms with Gasteiger partial charge in [-0.3, -0.25) is 9.98 Å². The number of nitrogens with two attached hydrogens (primary N) is 1. The van der Waals surface area contributed by atoms with E-state index in [1.165, 1.54) is 16.2 Å². The largest absolute Gasteiger partial charge is 0.384 e. The minimum Gasteiger partial charge on any atom is -0.384 e. The standard InChI is InChI=1S/C28H20N4/c29-27(30)18-14-16-19(17-15-18)28-31-25-23-12-6-4-10-21(23)22-11-5-7-13-24(22)26(25)32(28)20-8-2-1-3-9-20/h1-17H,(H3,29,30). The molecule has 0 unspecified atom stereocenters. The third kappa shape index (κ3) is 2.70. The Labute approximate surface area is 185 Å². The summed E-state index contributed by atoms with van der Waals surface area (Å²) >= 11 is 0. The number of hydrogen-bond donors (Lipinski definition) is 2. The fourth-order valence-corrected chi connectivity index (χ4v) is 4.53. The van der Waals surface area contributed by atoms with Crippen LogP contribution >= 0.6 is 0 Å². The first-order chi connectivity index (χ1) is 15.7. The van der Waals surface area contributed by atoms with Crippen molar-refractivity contribution in [1.82, 2.24) is 9.55 Å². The molecule has 0 bridgehead atoms. The van der Waals surface area contributed by atoms with Gasteiger partial charge in [-0.1, -0.05) is 91.0 Å². The first kappa shape index (κ1) is 18.3. The Morgan fingerprint density at radius 3 is 1.88 bits per heavy atom. The Hall–Kier alpha value is -4.44. The summed E-state index contributed by atoms with van der Waals surface area (Å²) in [5.74, 6) is 0.924. The van der Waals surface area contributed by atoms with Gasteiger partial charge in [-0.15, -0.1) is 0 Å². The Kier molecular flexibility index (Phi) is 4.05. The van der Waals surface area contributed by atoms with Gasteiger partial charge < -0.3 is 5.73 Å². The summed E-state index contributed by atoms with van der Waals surface area (Å²) in [6.45, 7) is 0. The first-order valence-corrected chi connectivity index (χ1v) is 10.5. The summed E-state index contributed by atoms with van der Waals surface area (Å²) in [4.78, 5) is 5.19. The molecule has 0 aliphatic carbocycles. The molecule has 152 valence electrons. The molecule has 0 atom stereocenters. The second-order valence-electron chi connectivity index (χ2n) is 7.89. The van der Waals surface area contributed by atoms with Crippen molar-refractivity contribution in [3.05, 3.63) is 109 Å². The summed E-state index contributed by atoms with van der Waals surface area (Å²) in [6.07, 6.45) is 0. The van der Waals surface area contributed by atoms with Crippen LogP contribution < -0.4 is 5.73 Å². The maximum atomic E-state index is 7.71. The summed E-state index contributed by atoms with van der Waals surface area (Å²) in [5.41, 5.74) is 10.5. The van der Waals surface area contributed by atoms with Crippen molar-refractivity contribution >= 4 is 38.4 Å². The number of hydrogen-bond acceptors (Lipinski definition) is 2. The van der Waals surface area contributed by atoms with E-state index in [0.29, 0.717) is 5.56 Å². The summed E-state index contributed by atoms with van der Waals surface area (Å²) in [7, 11) is 0. The molecule has 6 rings (SSSR count). The van der Waals surface area contributed by atoms with Gasteiger partial charge in [-0.2, -0.15) is 0 Å². The molecule has 6 aromatic rings. The fraction of sp³-hybridized carbons (Fsp3) is 0. The molecule has 0 aliphatic rings. The Morgan fingerprint density at radius 1 is 0.656 bits per heavy atom. The number of nitrogens with one attached hydrogen (secondary N) is 1. The number of nitrogens with zero attached hydrogens (tertiary/aromatic N) is 2. The van der Waals surface area contributed by atoms with Crippen molar-refractivity contribution in [2.75, 3.05) is 0 Å². The third-order valence-corrected chi connectivity index (χ3v) is 6.00. The van der Waals surface area contributed by atoms with E-state index < -0.39 is 0 Å². The zero-order valence-corrected chi connectivity index (χ0v) is 17.3. The topological polar surface area (TPSA) is 67.7 Å². The Bertz CT molecular complexity index is 1630. The second kappa shape index (κ2) is 7.06. The van der Waals surface area contributed by atoms with E-state index in [1.54, 1.807) is 0 Å². The number of rotatable bonds is 3. The highest BCUT2D eigenvalue weighted by Crippen LogP contribution is 2.38. The molecule has 0 spiro atoms. The number of fused-ring (bicyclic) bond motifs is 6. The Morgan fingerprint density at radius 2 is 1.22 bits per heavy atom. The van der Waals surface area contributed by atoms with Crippen molar-refractivity contribution < 1.29 is 0 Å². The molecule has 0 radical (unpaired) electrons. The first-order valence-electron chi connectivity index (χ1n) is 10.5. The molecule has 32 heavy (non-hydrogen) atoms. The minimum atomic E-state index is 0.0603. The average Bonchev–Trinajstić information content (AvgIpc) is 3.26. The lowest BCUT2D eigenvalue weighted by atomic mass is 10.00. The number of amidine groups is 1. The van der Waals surface area contributed by atoms with Crippen molar-refractivity contribution in [2.24, 2.45) is 5.73 Å². The maximum absolute atomic E-state index is 7.71. The van der Waals surface area contributed by atoms with Crippen LogP contribution in [0.4, 0.5) is 0 Å². The van der Waals surface area contributed by atoms with Crippen molar-refractivity contribution in [2.45, 2.75) is 0 Å². The normalized spacial score (nSPS) is 11.4. The highest BCUT2D eigenvalue weighted by Gasteiger charge is 2.19. The molecule has 0 fully saturated rings. The van der Waals surface area contributed by atoms with Crippen LogP contribution in [0.3, 0.4) is 0 Å². The quantitative estimate of drug-likeness (QED) is 0.204. The molecule has 4 heteroatoms. The SMILES string of the molecule is N=C(N)c1ccc(-c2nc3c4ccccc4c4ccccc4c3n2-c2ccccc2)cc1. The molecule has 3 N–H and O–H groups in total. The number of nitrogen functional groups attached to an aromatic ring is 1. The van der Waals surface area contributed by atoms with Crippen LogP contribution in [-0.4, -0.2) is 15.4 Å². The highest BCUT2D eigenvalue weighted by molar-refractivity contribution is 6.24. The lowest BCUT2D eigenvalue weighted by molar-refractivity contribution is 1.11. The monoisotopic (exact) mass is 412 g/mol. The number of para-hydroxylation sites is 1. The van der Waals surface area contributed by atoms with Crippen LogP contribution in [-0.2, 0) is 0 Å². The third-order valence-electron chi connectivity index (χ3n) is 6.00. The van der Waals surface area contributed by atoms with Gasteiger partial charge in [0.15, 0.2) is 0 Å². The van der Waals surface area contributed by atoms with Gasteiger partial charge in [0.1, 0.15) is 11.7 Å². The molecule has 0 amide bonds. The fourth-order valence-electron chi connectivity index (χ4n) is 4.53. The molecule has 1 aromatic heterocycles. The van der Waals surface area contributed by atoms with Crippen LogP contribution in [0.15, 0.2) is 103 Å². The zero-order valence-electron chi connectivity index (χ0n) is 17.3. The second-order valence-corrected chi connectivity index (χ2v) is 7.89. The van der Waals surface area contributed by atoms with Crippen molar-refractivity contribution in [3.63, 3.8) is 0 Å². The van der Waals surface area contributed by atoms with Crippen LogP contribution in [0.5, 0.6) is 0 Å². The van der Waals surface area contributed by atoms with Crippen molar-refractivity contribution in [3.8, 4) is 17.1 Å². The number of benzene rings is 5. The summed E-state index contributed by atoms with van der Waals surface area (Å²) < 4.78 is 2.24. The van der Waals surface area contributed by atoms with Crippen LogP contribution in [0.1, 0.15) is 5.56 Å². The molecular formula is C28H20N4. The predicted octanol–water partition coefficient (Wildman–Crippen LogP) is 6.28. The van der Waals surface area contributed by atoms with Crippen LogP contribution in [0.25, 0.3) is 49.7 Å². The van der Waals surface area contributed by atoms with E-state index in [9.17, 15) is 0 Å². The maximum Gasteiger partial charge on any atom is 0.145 e. The van der Waals surface area contributed by atoms with Crippen LogP contribution in [0, 0.1) is 5.41 Å². The van der Waals surface area contributed by atoms with Gasteiger partial charge in [-0.25, -0.2) is 4.98 Å². The lowest BCUT2D eigenvalue weighted by Gasteiger charge is -2.12. The molecule has 0 saturated heterocycles. The van der Waals surface area contributed by atoms with E-state index in [1.807, 2.05) is 42.5 Å². The Balaban J connectivity index is 1.80. The van der Waals surface area contributed by atoms with Gasteiger partial charge in [-0.05, 0) is 22.9 Å². The van der Waals surface area contributed by atoms with Gasteiger partial charge in [0.05, 0.1) is 11.0 Å². The van der Waals surface area contributed by atoms with E-state index in [4.69, 9.17) is 16.1 Å². The number of imidazole rings is 1. The van der Waals surface area contributed by atoms with Gasteiger partial charge in [0, 0.05) is 27.6 Å². The van der Waals surface area contributed by atoms with E-state index in [0.717, 1.165) is 33.5 Å². The zero-order chi connectivity index (χ0) is 21.7. The molecule has 0 aliphatic heterocycles. The van der Waals surface area contributed by atoms with Gasteiger partial charge in [0.2, 0.25) is 0 Å². The predicted molar refractivity (Wildman–Crippen MR) is 133 cm³/mol. The summed E-state index contributed by atoms with van der Waals surface area (Å²) in [5, 5.41) is 12.4. The van der Waals surface area contributed by atoms with E-state index in [2.05, 4.69) is 65.2 Å². The van der Waals surface area contributed by atoms with Crippen LogP contribution in [0.2, 0.25) is 0 Å². The van der Waals surface area contributed by atoms with E-state index in [-0.39, 0.29) is 5.84 Å². The summed E-state index contributed by atoms with van der Waals surface area (Å²) in [6, 6.07) is 35.1.